The van der Waals surface area contributed by atoms with Crippen molar-refractivity contribution in [2.24, 2.45) is 4.99 Å². The van der Waals surface area contributed by atoms with Gasteiger partial charge in [-0.15, -0.1) is 0 Å². The number of unbranched alkanes of at least 4 members (excludes halogenated alkanes) is 2. The van der Waals surface area contributed by atoms with E-state index in [1.54, 1.807) is 6.21 Å². The summed E-state index contributed by atoms with van der Waals surface area (Å²) in [6, 6.07) is 3.80. The van der Waals surface area contributed by atoms with Crippen LogP contribution >= 0.6 is 0 Å². The van der Waals surface area contributed by atoms with Crippen LogP contribution in [0.4, 0.5) is 0 Å². The summed E-state index contributed by atoms with van der Waals surface area (Å²) in [7, 11) is 0. The molecule has 1 N–H and O–H groups in total. The van der Waals surface area contributed by atoms with Crippen molar-refractivity contribution in [3.8, 4) is 11.5 Å². The van der Waals surface area contributed by atoms with Crippen LogP contribution < -0.4 is 9.47 Å². The van der Waals surface area contributed by atoms with Crippen LogP contribution in [0.2, 0.25) is 0 Å². The molecule has 0 bridgehead atoms. The van der Waals surface area contributed by atoms with Crippen LogP contribution in [0.15, 0.2) is 17.1 Å². The normalized spacial score (nSPS) is 12.6. The summed E-state index contributed by atoms with van der Waals surface area (Å²) < 4.78 is 11.6. The van der Waals surface area contributed by atoms with Crippen molar-refractivity contribution in [3.05, 3.63) is 23.3 Å². The number of hydrogen-bond donors (Lipinski definition) is 1. The Hall–Kier alpha value is -1.84. The number of nitrogens with zero attached hydrogens (tertiary/aromatic N) is 1. The highest BCUT2D eigenvalue weighted by atomic mass is 16.5. The predicted molar refractivity (Wildman–Crippen MR) is 81.7 cm³/mol. The molecule has 1 aliphatic rings. The fourth-order valence-corrected chi connectivity index (χ4v) is 1.97. The molecule has 1 heterocycles. The number of nitrogens with one attached hydrogen (secondary N) is 1. The van der Waals surface area contributed by atoms with E-state index in [4.69, 9.17) is 14.9 Å². The van der Waals surface area contributed by atoms with E-state index >= 15 is 0 Å². The predicted octanol–water partition coefficient (Wildman–Crippen LogP) is 3.80. The molecular formula is C16H22N2O2. The van der Waals surface area contributed by atoms with E-state index in [2.05, 4.69) is 18.8 Å². The maximum absolute atomic E-state index is 7.78. The Bertz CT molecular complexity index is 509. The van der Waals surface area contributed by atoms with Crippen LogP contribution in [-0.4, -0.2) is 25.3 Å². The minimum absolute atomic E-state index is 0.292. The maximum Gasteiger partial charge on any atom is 0.161 e. The van der Waals surface area contributed by atoms with Gasteiger partial charge >= 0.3 is 0 Å². The number of ether oxygens (including phenoxy) is 2. The SMILES string of the molecule is CCCCOc1cc2c(cc1OCCCC)C(=N)N=C2. The lowest BCUT2D eigenvalue weighted by molar-refractivity contribution is 0.262. The van der Waals surface area contributed by atoms with Gasteiger partial charge in [0.2, 0.25) is 0 Å². The molecular weight excluding hydrogens is 252 g/mol. The second kappa shape index (κ2) is 7.08. The third-order valence-electron chi connectivity index (χ3n) is 3.21. The smallest absolute Gasteiger partial charge is 0.161 e. The number of aliphatic imine (C=N–C) groups is 1. The van der Waals surface area contributed by atoms with Gasteiger partial charge in [-0.2, -0.15) is 0 Å². The standard InChI is InChI=1S/C16H22N2O2/c1-3-5-7-19-14-9-12-11-18-16(17)13(12)10-15(14)20-8-6-4-2/h9-11,17H,3-8H2,1-2H3. The van der Waals surface area contributed by atoms with Crippen molar-refractivity contribution in [1.29, 1.82) is 5.41 Å². The van der Waals surface area contributed by atoms with Gasteiger partial charge in [0.1, 0.15) is 0 Å². The number of amidine groups is 1. The largest absolute Gasteiger partial charge is 0.490 e. The molecule has 1 aromatic rings. The summed E-state index contributed by atoms with van der Waals surface area (Å²) >= 11 is 0. The minimum Gasteiger partial charge on any atom is -0.490 e. The Morgan fingerprint density at radius 3 is 2.20 bits per heavy atom. The molecule has 1 aliphatic heterocycles. The topological polar surface area (TPSA) is 54.7 Å². The van der Waals surface area contributed by atoms with E-state index < -0.39 is 0 Å². The lowest BCUT2D eigenvalue weighted by Gasteiger charge is -2.14. The van der Waals surface area contributed by atoms with Crippen molar-refractivity contribution in [2.45, 2.75) is 39.5 Å². The molecule has 20 heavy (non-hydrogen) atoms. The quantitative estimate of drug-likeness (QED) is 0.733. The Morgan fingerprint density at radius 1 is 1.00 bits per heavy atom. The first kappa shape index (κ1) is 14.6. The van der Waals surface area contributed by atoms with E-state index in [-0.39, 0.29) is 0 Å². The fraction of sp³-hybridized carbons (Fsp3) is 0.500. The summed E-state index contributed by atoms with van der Waals surface area (Å²) in [6.45, 7) is 5.63. The van der Waals surface area contributed by atoms with E-state index in [0.29, 0.717) is 19.0 Å². The molecule has 0 fully saturated rings. The molecule has 0 saturated carbocycles. The maximum atomic E-state index is 7.78. The van der Waals surface area contributed by atoms with Gasteiger partial charge in [-0.05, 0) is 25.0 Å². The molecule has 0 atom stereocenters. The fourth-order valence-electron chi connectivity index (χ4n) is 1.97. The zero-order valence-corrected chi connectivity index (χ0v) is 12.2. The number of benzene rings is 1. The van der Waals surface area contributed by atoms with Crippen LogP contribution in [0, 0.1) is 5.41 Å². The average molecular weight is 274 g/mol. The Morgan fingerprint density at radius 2 is 1.60 bits per heavy atom. The van der Waals surface area contributed by atoms with E-state index in [9.17, 15) is 0 Å². The Kier molecular flexibility index (Phi) is 5.16. The van der Waals surface area contributed by atoms with Gasteiger partial charge in [-0.25, -0.2) is 4.99 Å². The molecule has 0 aromatic heterocycles. The molecule has 2 rings (SSSR count). The van der Waals surface area contributed by atoms with E-state index in [0.717, 1.165) is 48.3 Å². The van der Waals surface area contributed by atoms with Gasteiger partial charge < -0.3 is 9.47 Å². The Balaban J connectivity index is 2.17. The first-order chi connectivity index (χ1) is 9.76. The van der Waals surface area contributed by atoms with E-state index in [1.165, 1.54) is 0 Å². The third kappa shape index (κ3) is 3.38. The second-order valence-corrected chi connectivity index (χ2v) is 4.90. The molecule has 1 aromatic carbocycles. The molecule has 0 radical (unpaired) electrons. The molecule has 4 nitrogen and oxygen atoms in total. The summed E-state index contributed by atoms with van der Waals surface area (Å²) in [5, 5.41) is 7.78. The molecule has 0 spiro atoms. The van der Waals surface area contributed by atoms with E-state index in [1.807, 2.05) is 12.1 Å². The average Bonchev–Trinajstić information content (AvgIpc) is 2.80. The summed E-state index contributed by atoms with van der Waals surface area (Å²) in [4.78, 5) is 4.03. The molecule has 0 amide bonds. The Labute approximate surface area is 120 Å². The molecule has 0 aliphatic carbocycles. The van der Waals surface area contributed by atoms with Crippen molar-refractivity contribution >= 4 is 12.1 Å². The zero-order chi connectivity index (χ0) is 14.4. The number of fused-ring (bicyclic) bond motifs is 1. The lowest BCUT2D eigenvalue weighted by Crippen LogP contribution is -2.04. The van der Waals surface area contributed by atoms with Crippen molar-refractivity contribution in [2.75, 3.05) is 13.2 Å². The van der Waals surface area contributed by atoms with Crippen molar-refractivity contribution < 1.29 is 9.47 Å². The van der Waals surface area contributed by atoms with Gasteiger partial charge in [0.05, 0.1) is 13.2 Å². The highest BCUT2D eigenvalue weighted by molar-refractivity contribution is 6.14. The monoisotopic (exact) mass is 274 g/mol. The van der Waals surface area contributed by atoms with Crippen molar-refractivity contribution in [3.63, 3.8) is 0 Å². The van der Waals surface area contributed by atoms with Crippen molar-refractivity contribution in [1.82, 2.24) is 0 Å². The molecule has 108 valence electrons. The van der Waals surface area contributed by atoms with Gasteiger partial charge in [0.25, 0.3) is 0 Å². The molecule has 0 saturated heterocycles. The van der Waals surface area contributed by atoms with Crippen LogP contribution in [0.3, 0.4) is 0 Å². The number of hydrogen-bond acceptors (Lipinski definition) is 3. The highest BCUT2D eigenvalue weighted by Crippen LogP contribution is 2.33. The van der Waals surface area contributed by atoms with Crippen LogP contribution in [0.5, 0.6) is 11.5 Å². The van der Waals surface area contributed by atoms with Crippen LogP contribution in [0.1, 0.15) is 50.7 Å². The summed E-state index contributed by atoms with van der Waals surface area (Å²) in [6.07, 6.45) is 5.94. The molecule has 4 heteroatoms. The highest BCUT2D eigenvalue weighted by Gasteiger charge is 2.17. The van der Waals surface area contributed by atoms with Crippen LogP contribution in [-0.2, 0) is 0 Å². The van der Waals surface area contributed by atoms with Crippen LogP contribution in [0.25, 0.3) is 0 Å². The van der Waals surface area contributed by atoms with Gasteiger partial charge in [-0.3, -0.25) is 5.41 Å². The number of rotatable bonds is 8. The third-order valence-corrected chi connectivity index (χ3v) is 3.21. The molecule has 0 unspecified atom stereocenters. The van der Waals surface area contributed by atoms with Gasteiger partial charge in [-0.1, -0.05) is 26.7 Å². The summed E-state index contributed by atoms with van der Waals surface area (Å²) in [5.74, 6) is 1.78. The lowest BCUT2D eigenvalue weighted by atomic mass is 10.1. The summed E-state index contributed by atoms with van der Waals surface area (Å²) in [5.41, 5.74) is 1.75. The van der Waals surface area contributed by atoms with Gasteiger partial charge in [0, 0.05) is 17.3 Å². The van der Waals surface area contributed by atoms with Gasteiger partial charge in [0.15, 0.2) is 17.3 Å². The minimum atomic E-state index is 0.292. The first-order valence-corrected chi connectivity index (χ1v) is 7.32. The second-order valence-electron chi connectivity index (χ2n) is 4.90. The first-order valence-electron chi connectivity index (χ1n) is 7.32. The zero-order valence-electron chi connectivity index (χ0n) is 12.2.